The molecule has 0 saturated carbocycles. The van der Waals surface area contributed by atoms with Crippen LogP contribution in [0.5, 0.6) is 5.88 Å². The lowest BCUT2D eigenvalue weighted by Gasteiger charge is -2.15. The number of nitrogens with one attached hydrogen (secondary N) is 1. The van der Waals surface area contributed by atoms with Gasteiger partial charge >= 0.3 is 0 Å². The molecule has 0 spiro atoms. The number of rotatable bonds is 9. The summed E-state index contributed by atoms with van der Waals surface area (Å²) in [5.74, 6) is 1.66. The molecule has 0 fully saturated rings. The van der Waals surface area contributed by atoms with Gasteiger partial charge in [0, 0.05) is 35.1 Å². The number of nitrogens with two attached hydrogens (primary N) is 1. The summed E-state index contributed by atoms with van der Waals surface area (Å²) in [7, 11) is 0. The van der Waals surface area contributed by atoms with Crippen molar-refractivity contribution in [3.8, 4) is 5.88 Å². The zero-order valence-corrected chi connectivity index (χ0v) is 23.0. The summed E-state index contributed by atoms with van der Waals surface area (Å²) in [6.07, 6.45) is 7.46. The number of fused-ring (bicyclic) bond motifs is 2. The van der Waals surface area contributed by atoms with Crippen molar-refractivity contribution in [1.82, 2.24) is 15.0 Å². The molecule has 5 rings (SSSR count). The van der Waals surface area contributed by atoms with Crippen LogP contribution >= 0.6 is 11.6 Å². The molecule has 0 unspecified atom stereocenters. The Kier molecular flexibility index (Phi) is 7.65. The third-order valence-corrected chi connectivity index (χ3v) is 7.23. The minimum Gasteiger partial charge on any atom is -0.618 e. The van der Waals surface area contributed by atoms with Crippen LogP contribution in [0.25, 0.3) is 21.7 Å². The summed E-state index contributed by atoms with van der Waals surface area (Å²) in [6, 6.07) is 11.7. The molecule has 8 nitrogen and oxygen atoms in total. The molecule has 0 bridgehead atoms. The lowest BCUT2D eigenvalue weighted by Crippen LogP contribution is -2.27. The molecule has 0 radical (unpaired) electrons. The second kappa shape index (κ2) is 11.3. The average Bonchev–Trinajstić information content (AvgIpc) is 2.91. The fourth-order valence-corrected chi connectivity index (χ4v) is 5.23. The van der Waals surface area contributed by atoms with E-state index in [1.807, 2.05) is 24.3 Å². The van der Waals surface area contributed by atoms with E-state index in [4.69, 9.17) is 22.1 Å². The average molecular weight is 543 g/mol. The minimum atomic E-state index is 0.301. The smallest absolute Gasteiger partial charge is 0.227 e. The Morgan fingerprint density at radius 3 is 2.74 bits per heavy atom. The number of anilines is 2. The molecule has 0 aliphatic rings. The van der Waals surface area contributed by atoms with Gasteiger partial charge in [-0.1, -0.05) is 24.9 Å². The first kappa shape index (κ1) is 26.4. The zero-order valence-electron chi connectivity index (χ0n) is 22.3. The van der Waals surface area contributed by atoms with Crippen LogP contribution < -0.4 is 20.5 Å². The van der Waals surface area contributed by atoms with E-state index in [2.05, 4.69) is 47.1 Å². The van der Waals surface area contributed by atoms with Gasteiger partial charge in [-0.2, -0.15) is 4.73 Å². The van der Waals surface area contributed by atoms with Gasteiger partial charge in [0.15, 0.2) is 6.20 Å². The molecular formula is C30H31ClN6O2. The van der Waals surface area contributed by atoms with Crippen LogP contribution in [0.3, 0.4) is 0 Å². The predicted molar refractivity (Wildman–Crippen MR) is 156 cm³/mol. The lowest BCUT2D eigenvalue weighted by atomic mass is 9.96. The molecule has 0 aliphatic carbocycles. The molecule has 200 valence electrons. The summed E-state index contributed by atoms with van der Waals surface area (Å²) < 4.78 is 6.90. The van der Waals surface area contributed by atoms with E-state index in [1.54, 1.807) is 12.3 Å². The summed E-state index contributed by atoms with van der Waals surface area (Å²) >= 11 is 6.17. The number of benzene rings is 2. The van der Waals surface area contributed by atoms with E-state index in [1.165, 1.54) is 18.1 Å². The van der Waals surface area contributed by atoms with Crippen molar-refractivity contribution in [2.75, 3.05) is 11.1 Å². The number of aryl methyl sites for hydroxylation is 3. The van der Waals surface area contributed by atoms with Crippen LogP contribution in [0.2, 0.25) is 5.02 Å². The Morgan fingerprint density at radius 1 is 1.08 bits per heavy atom. The predicted octanol–water partition coefficient (Wildman–Crippen LogP) is 6.20. The van der Waals surface area contributed by atoms with Gasteiger partial charge in [-0.3, -0.25) is 0 Å². The molecule has 0 amide bonds. The normalized spacial score (nSPS) is 11.3. The summed E-state index contributed by atoms with van der Waals surface area (Å²) in [5.41, 5.74) is 12.1. The van der Waals surface area contributed by atoms with Gasteiger partial charge < -0.3 is 21.0 Å². The molecule has 3 N–H and O–H groups in total. The van der Waals surface area contributed by atoms with Crippen molar-refractivity contribution in [3.63, 3.8) is 0 Å². The Hall–Kier alpha value is -4.17. The van der Waals surface area contributed by atoms with E-state index in [0.29, 0.717) is 41.2 Å². The van der Waals surface area contributed by atoms with Crippen LogP contribution in [0, 0.1) is 19.1 Å². The molecule has 9 heteroatoms. The third kappa shape index (κ3) is 5.66. The van der Waals surface area contributed by atoms with Crippen LogP contribution in [0.1, 0.15) is 47.6 Å². The van der Waals surface area contributed by atoms with Gasteiger partial charge in [0.2, 0.25) is 11.4 Å². The van der Waals surface area contributed by atoms with Crippen LogP contribution in [0.15, 0.2) is 55.1 Å². The van der Waals surface area contributed by atoms with Gasteiger partial charge in [0.05, 0.1) is 0 Å². The molecule has 5 aromatic rings. The Labute approximate surface area is 232 Å². The first-order chi connectivity index (χ1) is 18.8. The second-order valence-electron chi connectivity index (χ2n) is 9.75. The highest BCUT2D eigenvalue weighted by atomic mass is 35.5. The van der Waals surface area contributed by atoms with Gasteiger partial charge in [0.1, 0.15) is 29.6 Å². The number of pyridine rings is 2. The molecule has 0 saturated heterocycles. The number of hydrogen-bond acceptors (Lipinski definition) is 7. The highest BCUT2D eigenvalue weighted by Crippen LogP contribution is 2.29. The number of halogens is 1. The largest absolute Gasteiger partial charge is 0.618 e. The maximum absolute atomic E-state index is 12.6. The van der Waals surface area contributed by atoms with Crippen LogP contribution in [-0.4, -0.2) is 15.0 Å². The van der Waals surface area contributed by atoms with Crippen LogP contribution in [-0.2, 0) is 19.6 Å². The first-order valence-corrected chi connectivity index (χ1v) is 13.4. The topological polar surface area (TPSA) is 113 Å². The van der Waals surface area contributed by atoms with E-state index in [9.17, 15) is 5.21 Å². The monoisotopic (exact) mass is 542 g/mol. The standard InChI is InChI=1S/C30H31ClN6O2/c1-4-5-6-21-10-20(11-22-12-23(31)15-37(38)29(21)22)16-39-28-13-27(35-17-36-28)34-14-26-18(2)9-25-24(19(26)3)7-8-33-30(25)32/h7-13,15,17H,4-6,14,16H2,1-3H3,(H2,32,33)(H,34,35,36). The summed E-state index contributed by atoms with van der Waals surface area (Å²) in [5, 5.41) is 19.2. The van der Waals surface area contributed by atoms with Crippen molar-refractivity contribution in [1.29, 1.82) is 0 Å². The molecule has 3 aromatic heterocycles. The Bertz CT molecular complexity index is 1670. The molecule has 0 atom stereocenters. The summed E-state index contributed by atoms with van der Waals surface area (Å²) in [6.45, 7) is 7.20. The van der Waals surface area contributed by atoms with E-state index in [-0.39, 0.29) is 0 Å². The number of nitrogen functional groups attached to an aromatic ring is 1. The van der Waals surface area contributed by atoms with Gasteiger partial charge in [-0.05, 0) is 84.7 Å². The maximum Gasteiger partial charge on any atom is 0.227 e. The fourth-order valence-electron chi connectivity index (χ4n) is 5.02. The van der Waals surface area contributed by atoms with E-state index >= 15 is 0 Å². The zero-order chi connectivity index (χ0) is 27.5. The third-order valence-electron chi connectivity index (χ3n) is 7.02. The SMILES string of the molecule is CCCCc1cc(COc2cc(NCc3c(C)cc4c(N)nccc4c3C)ncn2)cc2cc(Cl)c[n+]([O-])c12. The number of unbranched alkanes of at least 4 members (excludes halogenated alkanes) is 1. The van der Waals surface area contributed by atoms with Crippen molar-refractivity contribution >= 4 is 44.9 Å². The maximum atomic E-state index is 12.6. The Morgan fingerprint density at radius 2 is 1.92 bits per heavy atom. The van der Waals surface area contributed by atoms with Crippen LogP contribution in [0.4, 0.5) is 11.6 Å². The molecule has 0 aliphatic heterocycles. The van der Waals surface area contributed by atoms with Gasteiger partial charge in [-0.25, -0.2) is 15.0 Å². The highest BCUT2D eigenvalue weighted by Gasteiger charge is 2.15. The highest BCUT2D eigenvalue weighted by molar-refractivity contribution is 6.30. The lowest BCUT2D eigenvalue weighted by molar-refractivity contribution is -0.577. The number of hydrogen-bond donors (Lipinski definition) is 2. The van der Waals surface area contributed by atoms with Crippen molar-refractivity contribution in [3.05, 3.63) is 93.2 Å². The van der Waals surface area contributed by atoms with Crippen molar-refractivity contribution < 1.29 is 9.47 Å². The number of ether oxygens (including phenoxy) is 1. The van der Waals surface area contributed by atoms with E-state index in [0.717, 1.165) is 62.4 Å². The Balaban J connectivity index is 1.33. The van der Waals surface area contributed by atoms with Gasteiger partial charge in [0.25, 0.3) is 0 Å². The first-order valence-electron chi connectivity index (χ1n) is 13.0. The van der Waals surface area contributed by atoms with Gasteiger partial charge in [-0.15, -0.1) is 0 Å². The van der Waals surface area contributed by atoms with Crippen molar-refractivity contribution in [2.24, 2.45) is 0 Å². The molecule has 39 heavy (non-hydrogen) atoms. The summed E-state index contributed by atoms with van der Waals surface area (Å²) in [4.78, 5) is 12.9. The molecule has 2 aromatic carbocycles. The molecule has 3 heterocycles. The minimum absolute atomic E-state index is 0.301. The number of nitrogens with zero attached hydrogens (tertiary/aromatic N) is 4. The van der Waals surface area contributed by atoms with E-state index < -0.39 is 0 Å². The fraction of sp³-hybridized carbons (Fsp3) is 0.267. The second-order valence-corrected chi connectivity index (χ2v) is 10.2. The molecular weight excluding hydrogens is 512 g/mol. The quantitative estimate of drug-likeness (QED) is 0.168. The number of aromatic nitrogens is 4. The van der Waals surface area contributed by atoms with Crippen molar-refractivity contribution in [2.45, 2.75) is 53.2 Å².